The van der Waals surface area contributed by atoms with E-state index in [-0.39, 0.29) is 0 Å². The molecule has 18 heavy (non-hydrogen) atoms. The van der Waals surface area contributed by atoms with Crippen molar-refractivity contribution < 1.29 is 0 Å². The molecule has 0 saturated carbocycles. The van der Waals surface area contributed by atoms with Crippen molar-refractivity contribution in [2.75, 3.05) is 19.6 Å². The zero-order chi connectivity index (χ0) is 12.4. The fraction of sp³-hybridized carbons (Fsp3) is 0.500. The van der Waals surface area contributed by atoms with Gasteiger partial charge in [0.25, 0.3) is 0 Å². The molecule has 2 aromatic heterocycles. The fourth-order valence-electron chi connectivity index (χ4n) is 2.59. The molecule has 1 fully saturated rings. The van der Waals surface area contributed by atoms with Crippen LogP contribution in [0.1, 0.15) is 25.0 Å². The number of hydrogen-bond donors (Lipinski definition) is 0. The Bertz CT molecular complexity index is 529. The average Bonchev–Trinajstić information content (AvgIpc) is 2.79. The summed E-state index contributed by atoms with van der Waals surface area (Å²) in [6.07, 6.45) is 9.11. The van der Waals surface area contributed by atoms with Gasteiger partial charge in [-0.1, -0.05) is 18.0 Å². The van der Waals surface area contributed by atoms with Crippen molar-refractivity contribution in [2.45, 2.75) is 25.7 Å². The summed E-state index contributed by atoms with van der Waals surface area (Å²) in [5.41, 5.74) is 2.14. The van der Waals surface area contributed by atoms with Gasteiger partial charge >= 0.3 is 0 Å². The van der Waals surface area contributed by atoms with Gasteiger partial charge in [0, 0.05) is 25.4 Å². The molecule has 3 heterocycles. The molecule has 0 unspecified atom stereocenters. The van der Waals surface area contributed by atoms with Crippen LogP contribution in [0.5, 0.6) is 0 Å². The van der Waals surface area contributed by atoms with Crippen LogP contribution >= 0.6 is 11.6 Å². The quantitative estimate of drug-likeness (QED) is 0.849. The van der Waals surface area contributed by atoms with Gasteiger partial charge in [0.15, 0.2) is 0 Å². The first kappa shape index (κ1) is 12.0. The number of likely N-dealkylation sites (tertiary alicyclic amines) is 1. The van der Waals surface area contributed by atoms with Gasteiger partial charge in [-0.3, -0.25) is 0 Å². The third-order valence-corrected chi connectivity index (χ3v) is 3.82. The predicted octanol–water partition coefficient (Wildman–Crippen LogP) is 3.02. The molecule has 4 heteroatoms. The smallest absolute Gasteiger partial charge is 0.137 e. The second-order valence-electron chi connectivity index (χ2n) is 5.00. The molecule has 1 aliphatic rings. The van der Waals surface area contributed by atoms with Crippen molar-refractivity contribution >= 4 is 17.2 Å². The Hall–Kier alpha value is -1.06. The molecule has 0 bridgehead atoms. The highest BCUT2D eigenvalue weighted by Gasteiger charge is 2.10. The van der Waals surface area contributed by atoms with Gasteiger partial charge in [0.1, 0.15) is 5.65 Å². The van der Waals surface area contributed by atoms with E-state index >= 15 is 0 Å². The van der Waals surface area contributed by atoms with E-state index < -0.39 is 0 Å². The summed E-state index contributed by atoms with van der Waals surface area (Å²) in [4.78, 5) is 7.16. The zero-order valence-electron chi connectivity index (χ0n) is 10.5. The summed E-state index contributed by atoms with van der Waals surface area (Å²) in [6.45, 7) is 3.62. The Labute approximate surface area is 112 Å². The first-order valence-electron chi connectivity index (χ1n) is 6.67. The molecule has 3 nitrogen and oxygen atoms in total. The summed E-state index contributed by atoms with van der Waals surface area (Å²) in [5, 5.41) is 0.752. The van der Waals surface area contributed by atoms with Crippen LogP contribution in [0.15, 0.2) is 24.5 Å². The van der Waals surface area contributed by atoms with Gasteiger partial charge in [-0.05, 0) is 38.1 Å². The molecule has 0 spiro atoms. The third-order valence-electron chi connectivity index (χ3n) is 3.60. The number of rotatable bonds is 3. The molecule has 2 aromatic rings. The van der Waals surface area contributed by atoms with Crippen LogP contribution in [0.4, 0.5) is 0 Å². The van der Waals surface area contributed by atoms with Gasteiger partial charge < -0.3 is 9.30 Å². The minimum Gasteiger partial charge on any atom is -0.305 e. The van der Waals surface area contributed by atoms with Crippen LogP contribution in [-0.2, 0) is 6.42 Å². The van der Waals surface area contributed by atoms with Gasteiger partial charge in [0.05, 0.1) is 10.7 Å². The maximum absolute atomic E-state index is 5.97. The molecule has 0 aliphatic carbocycles. The lowest BCUT2D eigenvalue weighted by atomic mass is 10.1. The molecule has 0 atom stereocenters. The first-order valence-corrected chi connectivity index (χ1v) is 7.04. The number of halogens is 1. The summed E-state index contributed by atoms with van der Waals surface area (Å²) >= 11 is 5.97. The van der Waals surface area contributed by atoms with Crippen LogP contribution in [0.3, 0.4) is 0 Å². The maximum Gasteiger partial charge on any atom is 0.137 e. The largest absolute Gasteiger partial charge is 0.305 e. The van der Waals surface area contributed by atoms with Crippen molar-refractivity contribution in [1.82, 2.24) is 14.3 Å². The van der Waals surface area contributed by atoms with E-state index in [0.29, 0.717) is 0 Å². The molecule has 3 rings (SSSR count). The van der Waals surface area contributed by atoms with E-state index in [0.717, 1.165) is 29.3 Å². The van der Waals surface area contributed by atoms with Gasteiger partial charge in [-0.15, -0.1) is 0 Å². The van der Waals surface area contributed by atoms with Gasteiger partial charge in [0.2, 0.25) is 0 Å². The van der Waals surface area contributed by atoms with Gasteiger partial charge in [-0.25, -0.2) is 4.98 Å². The normalized spacial score (nSPS) is 17.4. The molecule has 96 valence electrons. The second-order valence-corrected chi connectivity index (χ2v) is 5.43. The average molecular weight is 264 g/mol. The van der Waals surface area contributed by atoms with E-state index in [4.69, 9.17) is 11.6 Å². The lowest BCUT2D eigenvalue weighted by Gasteiger charge is -2.25. The molecule has 0 N–H and O–H groups in total. The van der Waals surface area contributed by atoms with E-state index in [9.17, 15) is 0 Å². The summed E-state index contributed by atoms with van der Waals surface area (Å²) in [7, 11) is 0. The SMILES string of the molecule is Clc1ccc2nc(CCN3CCCCC3)cn2c1. The van der Waals surface area contributed by atoms with E-state index in [1.807, 2.05) is 22.7 Å². The molecule has 1 aliphatic heterocycles. The number of hydrogen-bond acceptors (Lipinski definition) is 2. The highest BCUT2D eigenvalue weighted by molar-refractivity contribution is 6.30. The molecule has 0 amide bonds. The van der Waals surface area contributed by atoms with E-state index in [2.05, 4.69) is 16.1 Å². The molecule has 0 radical (unpaired) electrons. The highest BCUT2D eigenvalue weighted by Crippen LogP contribution is 2.13. The predicted molar refractivity (Wildman–Crippen MR) is 74.2 cm³/mol. The van der Waals surface area contributed by atoms with Crippen molar-refractivity contribution in [3.05, 3.63) is 35.2 Å². The minimum absolute atomic E-state index is 0.752. The fourth-order valence-corrected chi connectivity index (χ4v) is 2.76. The van der Waals surface area contributed by atoms with Crippen LogP contribution in [-0.4, -0.2) is 33.9 Å². The standard InChI is InChI=1S/C14H18ClN3/c15-12-4-5-14-16-13(11-18(14)10-12)6-9-17-7-2-1-3-8-17/h4-5,10-11H,1-3,6-9H2. The first-order chi connectivity index (χ1) is 8.81. The number of fused-ring (bicyclic) bond motifs is 1. The van der Waals surface area contributed by atoms with E-state index in [1.54, 1.807) is 0 Å². The summed E-state index contributed by atoms with van der Waals surface area (Å²) in [6, 6.07) is 3.85. The number of nitrogens with zero attached hydrogens (tertiary/aromatic N) is 3. The number of aromatic nitrogens is 2. The van der Waals surface area contributed by atoms with Crippen molar-refractivity contribution in [2.24, 2.45) is 0 Å². The lowest BCUT2D eigenvalue weighted by molar-refractivity contribution is 0.231. The Kier molecular flexibility index (Phi) is 3.52. The Morgan fingerprint density at radius 3 is 2.78 bits per heavy atom. The summed E-state index contributed by atoms with van der Waals surface area (Å²) in [5.74, 6) is 0. The summed E-state index contributed by atoms with van der Waals surface area (Å²) < 4.78 is 2.01. The number of imidazole rings is 1. The monoisotopic (exact) mass is 263 g/mol. The highest BCUT2D eigenvalue weighted by atomic mass is 35.5. The van der Waals surface area contributed by atoms with Crippen molar-refractivity contribution in [3.63, 3.8) is 0 Å². The topological polar surface area (TPSA) is 20.5 Å². The van der Waals surface area contributed by atoms with Crippen LogP contribution in [0, 0.1) is 0 Å². The van der Waals surface area contributed by atoms with Gasteiger partial charge in [-0.2, -0.15) is 0 Å². The number of pyridine rings is 1. The zero-order valence-corrected chi connectivity index (χ0v) is 11.2. The molecular weight excluding hydrogens is 246 g/mol. The van der Waals surface area contributed by atoms with Crippen molar-refractivity contribution in [1.29, 1.82) is 0 Å². The second kappa shape index (κ2) is 5.29. The van der Waals surface area contributed by atoms with Crippen LogP contribution in [0.25, 0.3) is 5.65 Å². The lowest BCUT2D eigenvalue weighted by Crippen LogP contribution is -2.31. The minimum atomic E-state index is 0.752. The Balaban J connectivity index is 1.67. The number of piperidine rings is 1. The third kappa shape index (κ3) is 2.68. The maximum atomic E-state index is 5.97. The molecular formula is C14H18ClN3. The molecule has 0 aromatic carbocycles. The van der Waals surface area contributed by atoms with Crippen molar-refractivity contribution in [3.8, 4) is 0 Å². The Morgan fingerprint density at radius 1 is 1.11 bits per heavy atom. The van der Waals surface area contributed by atoms with Crippen LogP contribution in [0.2, 0.25) is 5.02 Å². The van der Waals surface area contributed by atoms with E-state index in [1.165, 1.54) is 32.4 Å². The van der Waals surface area contributed by atoms with Crippen LogP contribution < -0.4 is 0 Å². The Morgan fingerprint density at radius 2 is 1.94 bits per heavy atom. The molecule has 1 saturated heterocycles.